The smallest absolute Gasteiger partial charge is 0.330 e. The van der Waals surface area contributed by atoms with Crippen LogP contribution in [-0.4, -0.2) is 22.5 Å². The minimum absolute atomic E-state index is 0.102. The summed E-state index contributed by atoms with van der Waals surface area (Å²) in [5.74, 6) is -0.935. The molecule has 0 fully saturated rings. The van der Waals surface area contributed by atoms with Crippen molar-refractivity contribution in [2.45, 2.75) is 32.1 Å². The molecule has 0 rings (SSSR count). The maximum Gasteiger partial charge on any atom is 0.330 e. The van der Waals surface area contributed by atoms with Gasteiger partial charge in [0.05, 0.1) is 0 Å². The van der Waals surface area contributed by atoms with Gasteiger partial charge in [-0.15, -0.1) is 11.6 Å². The first-order valence-electron chi connectivity index (χ1n) is 3.98. The maximum absolute atomic E-state index is 9.60. The van der Waals surface area contributed by atoms with E-state index in [2.05, 4.69) is 6.58 Å². The van der Waals surface area contributed by atoms with E-state index >= 15 is 0 Å². The number of carboxylic acids is 1. The summed E-state index contributed by atoms with van der Waals surface area (Å²) in [7, 11) is 0. The number of halogens is 1. The fraction of sp³-hybridized carbons (Fsp3) is 0.667. The Morgan fingerprint density at radius 2 is 1.92 bits per heavy atom. The number of aliphatic carboxylic acids is 1. The molecule has 3 N–H and O–H groups in total. The highest BCUT2D eigenvalue weighted by Crippen LogP contribution is 2.15. The van der Waals surface area contributed by atoms with E-state index in [1.54, 1.807) is 0 Å². The fourth-order valence-electron chi connectivity index (χ4n) is 0.343. The molecule has 0 aliphatic heterocycles. The van der Waals surface area contributed by atoms with E-state index in [1.165, 1.54) is 6.92 Å². The Kier molecular flexibility index (Phi) is 7.96. The van der Waals surface area contributed by atoms with Gasteiger partial charge in [0.2, 0.25) is 0 Å². The first-order valence-corrected chi connectivity index (χ1v) is 4.36. The first-order chi connectivity index (χ1) is 5.70. The number of alkyl halides is 1. The third-order valence-corrected chi connectivity index (χ3v) is 1.29. The van der Waals surface area contributed by atoms with Crippen molar-refractivity contribution in [1.82, 2.24) is 0 Å². The van der Waals surface area contributed by atoms with Gasteiger partial charge in [0.1, 0.15) is 0 Å². The molecule has 0 saturated heterocycles. The molecular formula is C9H18ClNO2. The molecule has 3 nitrogen and oxygen atoms in total. The van der Waals surface area contributed by atoms with Crippen LogP contribution in [0.25, 0.3) is 0 Å². The molecule has 0 aliphatic rings. The summed E-state index contributed by atoms with van der Waals surface area (Å²) in [6.07, 6.45) is 0.883. The highest BCUT2D eigenvalue weighted by molar-refractivity contribution is 6.23. The third-order valence-electron chi connectivity index (χ3n) is 1.10. The Hall–Kier alpha value is -0.540. The fourth-order valence-corrected chi connectivity index (χ4v) is 0.452. The van der Waals surface area contributed by atoms with Gasteiger partial charge >= 0.3 is 5.97 Å². The van der Waals surface area contributed by atoms with E-state index in [-0.39, 0.29) is 10.4 Å². The van der Waals surface area contributed by atoms with E-state index in [1.807, 2.05) is 13.8 Å². The summed E-state index contributed by atoms with van der Waals surface area (Å²) in [4.78, 5) is 9.50. The van der Waals surface area contributed by atoms with Gasteiger partial charge in [0, 0.05) is 10.4 Å². The van der Waals surface area contributed by atoms with Crippen molar-refractivity contribution in [3.05, 3.63) is 12.2 Å². The van der Waals surface area contributed by atoms with E-state index in [0.29, 0.717) is 6.54 Å². The van der Waals surface area contributed by atoms with Gasteiger partial charge in [-0.05, 0) is 33.7 Å². The summed E-state index contributed by atoms with van der Waals surface area (Å²) in [6, 6.07) is 0. The quantitative estimate of drug-likeness (QED) is 0.550. The lowest BCUT2D eigenvalue weighted by Crippen LogP contribution is -2.16. The zero-order valence-corrected chi connectivity index (χ0v) is 9.19. The van der Waals surface area contributed by atoms with Crippen molar-refractivity contribution >= 4 is 17.6 Å². The molecule has 0 aliphatic carbocycles. The predicted molar refractivity (Wildman–Crippen MR) is 56.1 cm³/mol. The number of rotatable bonds is 3. The van der Waals surface area contributed by atoms with Gasteiger partial charge < -0.3 is 10.8 Å². The average Bonchev–Trinajstić information content (AvgIpc) is 1.85. The van der Waals surface area contributed by atoms with Gasteiger partial charge in [0.25, 0.3) is 0 Å². The number of carboxylic acid groups (broad SMARTS) is 1. The Bertz CT molecular complexity index is 161. The van der Waals surface area contributed by atoms with Gasteiger partial charge in [-0.1, -0.05) is 6.58 Å². The van der Waals surface area contributed by atoms with Gasteiger partial charge in [-0.25, -0.2) is 4.79 Å². The molecule has 0 spiro atoms. The Labute approximate surface area is 84.6 Å². The summed E-state index contributed by atoms with van der Waals surface area (Å²) >= 11 is 5.75. The van der Waals surface area contributed by atoms with Crippen molar-refractivity contribution in [2.75, 3.05) is 6.54 Å². The molecule has 0 radical (unpaired) electrons. The lowest BCUT2D eigenvalue weighted by molar-refractivity contribution is -0.132. The van der Waals surface area contributed by atoms with Crippen molar-refractivity contribution in [1.29, 1.82) is 0 Å². The molecule has 0 bridgehead atoms. The van der Waals surface area contributed by atoms with E-state index in [0.717, 1.165) is 6.42 Å². The standard InChI is InChI=1S/C5H12ClN.C4H6O2/c1-5(2,6)3-4-7;1-3(2)4(5)6/h3-4,7H2,1-2H3;1H2,2H3,(H,5,6). The molecule has 0 heterocycles. The monoisotopic (exact) mass is 207 g/mol. The normalized spacial score (nSPS) is 9.92. The summed E-state index contributed by atoms with van der Waals surface area (Å²) in [5.41, 5.74) is 5.41. The predicted octanol–water partition coefficient (Wildman–Crippen LogP) is 2.00. The van der Waals surface area contributed by atoms with Crippen molar-refractivity contribution in [2.24, 2.45) is 5.73 Å². The van der Waals surface area contributed by atoms with Gasteiger partial charge in [0.15, 0.2) is 0 Å². The second-order valence-electron chi connectivity index (χ2n) is 3.34. The first kappa shape index (κ1) is 15.0. The summed E-state index contributed by atoms with van der Waals surface area (Å²) in [5, 5.41) is 7.89. The lowest BCUT2D eigenvalue weighted by atomic mass is 10.1. The molecule has 0 aromatic rings. The number of hydrogen-bond donors (Lipinski definition) is 2. The highest BCUT2D eigenvalue weighted by atomic mass is 35.5. The summed E-state index contributed by atoms with van der Waals surface area (Å²) in [6.45, 7) is 9.20. The molecule has 0 aromatic carbocycles. The SMILES string of the molecule is C=C(C)C(=O)O.CC(C)(Cl)CCN. The third kappa shape index (κ3) is 18.4. The van der Waals surface area contributed by atoms with Crippen LogP contribution in [0.4, 0.5) is 0 Å². The van der Waals surface area contributed by atoms with Crippen LogP contribution in [0.3, 0.4) is 0 Å². The number of hydrogen-bond acceptors (Lipinski definition) is 2. The topological polar surface area (TPSA) is 63.3 Å². The van der Waals surface area contributed by atoms with Crippen LogP contribution in [0, 0.1) is 0 Å². The van der Waals surface area contributed by atoms with Crippen LogP contribution >= 0.6 is 11.6 Å². The molecule has 0 unspecified atom stereocenters. The molecule has 0 amide bonds. The number of carbonyl (C=O) groups is 1. The second kappa shape index (κ2) is 6.92. The molecule has 4 heteroatoms. The van der Waals surface area contributed by atoms with Crippen LogP contribution in [0.15, 0.2) is 12.2 Å². The minimum Gasteiger partial charge on any atom is -0.478 e. The van der Waals surface area contributed by atoms with Crippen LogP contribution in [0.2, 0.25) is 0 Å². The largest absolute Gasteiger partial charge is 0.478 e. The average molecular weight is 208 g/mol. The molecule has 0 aromatic heterocycles. The van der Waals surface area contributed by atoms with E-state index < -0.39 is 5.97 Å². The number of nitrogens with two attached hydrogens (primary N) is 1. The molecular weight excluding hydrogens is 190 g/mol. The lowest BCUT2D eigenvalue weighted by Gasteiger charge is -2.12. The molecule has 13 heavy (non-hydrogen) atoms. The van der Waals surface area contributed by atoms with Crippen LogP contribution in [0.5, 0.6) is 0 Å². The van der Waals surface area contributed by atoms with Crippen LogP contribution < -0.4 is 5.73 Å². The van der Waals surface area contributed by atoms with Crippen LogP contribution in [0.1, 0.15) is 27.2 Å². The Morgan fingerprint density at radius 1 is 1.62 bits per heavy atom. The van der Waals surface area contributed by atoms with Gasteiger partial charge in [-0.3, -0.25) is 0 Å². The second-order valence-corrected chi connectivity index (χ2v) is 4.37. The van der Waals surface area contributed by atoms with Gasteiger partial charge in [-0.2, -0.15) is 0 Å². The van der Waals surface area contributed by atoms with Crippen molar-refractivity contribution in [3.8, 4) is 0 Å². The zero-order valence-electron chi connectivity index (χ0n) is 8.43. The highest BCUT2D eigenvalue weighted by Gasteiger charge is 2.09. The van der Waals surface area contributed by atoms with Crippen molar-refractivity contribution in [3.63, 3.8) is 0 Å². The zero-order chi connectivity index (χ0) is 11.1. The molecule has 78 valence electrons. The maximum atomic E-state index is 9.60. The molecule has 0 atom stereocenters. The Balaban J connectivity index is 0. The minimum atomic E-state index is -0.935. The van der Waals surface area contributed by atoms with Crippen molar-refractivity contribution < 1.29 is 9.90 Å². The summed E-state index contributed by atoms with van der Waals surface area (Å²) < 4.78 is 0. The van der Waals surface area contributed by atoms with E-state index in [9.17, 15) is 4.79 Å². The van der Waals surface area contributed by atoms with E-state index in [4.69, 9.17) is 22.4 Å². The van der Waals surface area contributed by atoms with Crippen LogP contribution in [-0.2, 0) is 4.79 Å². The molecule has 0 saturated carbocycles. The Morgan fingerprint density at radius 3 is 1.92 bits per heavy atom.